The molecular formula is C16H16O3. The molecule has 0 radical (unpaired) electrons. The summed E-state index contributed by atoms with van der Waals surface area (Å²) in [5.74, 6) is -0.338. The summed E-state index contributed by atoms with van der Waals surface area (Å²) in [6.45, 7) is 4.37. The Balaban J connectivity index is 2.75. The predicted octanol–water partition coefficient (Wildman–Crippen LogP) is 3.01. The fourth-order valence-corrected chi connectivity index (χ4v) is 2.56. The minimum atomic E-state index is -0.231. The van der Waals surface area contributed by atoms with Gasteiger partial charge in [0.2, 0.25) is 0 Å². The van der Waals surface area contributed by atoms with E-state index >= 15 is 0 Å². The van der Waals surface area contributed by atoms with Crippen molar-refractivity contribution in [3.8, 4) is 0 Å². The highest BCUT2D eigenvalue weighted by atomic mass is 16.3. The van der Waals surface area contributed by atoms with E-state index in [0.717, 1.165) is 11.1 Å². The lowest BCUT2D eigenvalue weighted by Gasteiger charge is -2.10. The Bertz CT molecular complexity index is 629. The van der Waals surface area contributed by atoms with E-state index in [1.807, 2.05) is 24.3 Å². The third-order valence-corrected chi connectivity index (χ3v) is 3.34. The van der Waals surface area contributed by atoms with Gasteiger partial charge in [-0.25, -0.2) is 0 Å². The largest absolute Gasteiger partial charge is 0.512 e. The molecule has 0 amide bonds. The van der Waals surface area contributed by atoms with Gasteiger partial charge in [0, 0.05) is 17.6 Å². The molecule has 0 unspecified atom stereocenters. The van der Waals surface area contributed by atoms with Crippen molar-refractivity contribution in [2.45, 2.75) is 27.2 Å². The van der Waals surface area contributed by atoms with Crippen LogP contribution in [0.25, 0.3) is 5.57 Å². The lowest BCUT2D eigenvalue weighted by molar-refractivity contribution is -0.113. The van der Waals surface area contributed by atoms with Crippen molar-refractivity contribution in [2.24, 2.45) is 0 Å². The van der Waals surface area contributed by atoms with Crippen LogP contribution >= 0.6 is 0 Å². The maximum Gasteiger partial charge on any atom is 0.163 e. The van der Waals surface area contributed by atoms with Crippen LogP contribution in [-0.4, -0.2) is 16.7 Å². The Hall–Kier alpha value is -2.16. The molecular weight excluding hydrogens is 240 g/mol. The zero-order valence-electron chi connectivity index (χ0n) is 11.3. The van der Waals surface area contributed by atoms with Crippen molar-refractivity contribution < 1.29 is 14.7 Å². The van der Waals surface area contributed by atoms with Gasteiger partial charge in [-0.2, -0.15) is 0 Å². The number of Topliss-reactive ketones (excluding diaryl/α,β-unsaturated/α-hetero) is 2. The van der Waals surface area contributed by atoms with E-state index in [-0.39, 0.29) is 22.9 Å². The molecule has 1 aliphatic carbocycles. The molecule has 0 aliphatic heterocycles. The van der Waals surface area contributed by atoms with E-state index in [0.29, 0.717) is 17.6 Å². The number of aliphatic hydroxyl groups excluding tert-OH is 1. The molecule has 0 bridgehead atoms. The SMILES string of the molecule is CC(=O)C1=C(/C(C(C)=O)=C(\C)O)c2ccccc2C1. The van der Waals surface area contributed by atoms with E-state index < -0.39 is 0 Å². The van der Waals surface area contributed by atoms with Gasteiger partial charge >= 0.3 is 0 Å². The number of hydrogen-bond acceptors (Lipinski definition) is 3. The van der Waals surface area contributed by atoms with Crippen molar-refractivity contribution in [1.29, 1.82) is 0 Å². The Morgan fingerprint density at radius 3 is 2.26 bits per heavy atom. The second kappa shape index (κ2) is 4.84. The number of carbonyl (C=O) groups is 2. The van der Waals surface area contributed by atoms with E-state index in [9.17, 15) is 14.7 Å². The van der Waals surface area contributed by atoms with Gasteiger partial charge in [-0.15, -0.1) is 0 Å². The normalized spacial score (nSPS) is 15.1. The number of rotatable bonds is 3. The number of benzene rings is 1. The molecule has 0 heterocycles. The maximum atomic E-state index is 11.8. The van der Waals surface area contributed by atoms with Crippen LogP contribution in [0.2, 0.25) is 0 Å². The van der Waals surface area contributed by atoms with E-state index in [1.165, 1.54) is 20.8 Å². The average Bonchev–Trinajstić information content (AvgIpc) is 2.68. The summed E-state index contributed by atoms with van der Waals surface area (Å²) in [5.41, 5.74) is 3.32. The molecule has 1 aliphatic rings. The summed E-state index contributed by atoms with van der Waals surface area (Å²) in [5, 5.41) is 9.78. The third-order valence-electron chi connectivity index (χ3n) is 3.34. The Morgan fingerprint density at radius 1 is 1.11 bits per heavy atom. The zero-order valence-corrected chi connectivity index (χ0v) is 11.3. The fraction of sp³-hybridized carbons (Fsp3) is 0.250. The Morgan fingerprint density at radius 2 is 1.74 bits per heavy atom. The number of ketones is 2. The van der Waals surface area contributed by atoms with Crippen molar-refractivity contribution >= 4 is 17.1 Å². The van der Waals surface area contributed by atoms with Crippen molar-refractivity contribution in [3.05, 3.63) is 52.3 Å². The second-order valence-electron chi connectivity index (χ2n) is 4.76. The molecule has 2 rings (SSSR count). The minimum absolute atomic E-state index is 0.0436. The van der Waals surface area contributed by atoms with Crippen molar-refractivity contribution in [1.82, 2.24) is 0 Å². The average molecular weight is 256 g/mol. The zero-order chi connectivity index (χ0) is 14.2. The number of fused-ring (bicyclic) bond motifs is 1. The van der Waals surface area contributed by atoms with Crippen LogP contribution in [0.5, 0.6) is 0 Å². The molecule has 0 fully saturated rings. The Labute approximate surface area is 112 Å². The summed E-state index contributed by atoms with van der Waals surface area (Å²) < 4.78 is 0. The minimum Gasteiger partial charge on any atom is -0.512 e. The monoisotopic (exact) mass is 256 g/mol. The highest BCUT2D eigenvalue weighted by Crippen LogP contribution is 2.39. The fourth-order valence-electron chi connectivity index (χ4n) is 2.56. The topological polar surface area (TPSA) is 54.4 Å². The number of carbonyl (C=O) groups excluding carboxylic acids is 2. The van der Waals surface area contributed by atoms with Crippen LogP contribution in [0, 0.1) is 0 Å². The Kier molecular flexibility index (Phi) is 3.38. The smallest absolute Gasteiger partial charge is 0.163 e. The molecule has 19 heavy (non-hydrogen) atoms. The summed E-state index contributed by atoms with van der Waals surface area (Å²) in [6, 6.07) is 7.59. The van der Waals surface area contributed by atoms with Crippen molar-refractivity contribution in [3.63, 3.8) is 0 Å². The second-order valence-corrected chi connectivity index (χ2v) is 4.76. The molecule has 1 aromatic carbocycles. The quantitative estimate of drug-likeness (QED) is 0.668. The van der Waals surface area contributed by atoms with Crippen LogP contribution in [0.4, 0.5) is 0 Å². The first kappa shape index (κ1) is 13.3. The maximum absolute atomic E-state index is 11.8. The van der Waals surface area contributed by atoms with Gasteiger partial charge in [0.25, 0.3) is 0 Å². The molecule has 0 saturated carbocycles. The molecule has 0 aromatic heterocycles. The van der Waals surface area contributed by atoms with Crippen LogP contribution < -0.4 is 0 Å². The first-order valence-corrected chi connectivity index (χ1v) is 6.17. The van der Waals surface area contributed by atoms with Crippen LogP contribution in [0.3, 0.4) is 0 Å². The number of aliphatic hydroxyl groups is 1. The molecule has 0 spiro atoms. The summed E-state index contributed by atoms with van der Waals surface area (Å²) in [6.07, 6.45) is 0.519. The molecule has 3 nitrogen and oxygen atoms in total. The highest BCUT2D eigenvalue weighted by Gasteiger charge is 2.29. The first-order chi connectivity index (χ1) is 8.93. The molecule has 3 heteroatoms. The number of hydrogen-bond donors (Lipinski definition) is 1. The predicted molar refractivity (Wildman–Crippen MR) is 73.8 cm³/mol. The van der Waals surface area contributed by atoms with Crippen molar-refractivity contribution in [2.75, 3.05) is 0 Å². The van der Waals surface area contributed by atoms with E-state index in [1.54, 1.807) is 0 Å². The third kappa shape index (κ3) is 2.24. The van der Waals surface area contributed by atoms with Crippen LogP contribution in [0.1, 0.15) is 31.9 Å². The molecule has 98 valence electrons. The van der Waals surface area contributed by atoms with Gasteiger partial charge in [0.05, 0.1) is 5.57 Å². The van der Waals surface area contributed by atoms with Crippen LogP contribution in [0.15, 0.2) is 41.2 Å². The molecule has 1 aromatic rings. The number of allylic oxidation sites excluding steroid dienone is 4. The van der Waals surface area contributed by atoms with Crippen LogP contribution in [-0.2, 0) is 16.0 Å². The van der Waals surface area contributed by atoms with Gasteiger partial charge in [0.15, 0.2) is 11.6 Å². The molecule has 1 N–H and O–H groups in total. The van der Waals surface area contributed by atoms with E-state index in [2.05, 4.69) is 0 Å². The lowest BCUT2D eigenvalue weighted by atomic mass is 9.93. The van der Waals surface area contributed by atoms with Gasteiger partial charge in [-0.3, -0.25) is 9.59 Å². The summed E-state index contributed by atoms with van der Waals surface area (Å²) in [4.78, 5) is 23.6. The van der Waals surface area contributed by atoms with E-state index in [4.69, 9.17) is 0 Å². The molecule has 0 saturated heterocycles. The summed E-state index contributed by atoms with van der Waals surface area (Å²) in [7, 11) is 0. The first-order valence-electron chi connectivity index (χ1n) is 6.17. The van der Waals surface area contributed by atoms with Gasteiger partial charge < -0.3 is 5.11 Å². The standard InChI is InChI=1S/C16H16O3/c1-9(17)14-8-12-6-4-5-7-13(12)16(14)15(10(2)18)11(3)19/h4-7,18H,8H2,1-3H3/b15-10+. The summed E-state index contributed by atoms with van der Waals surface area (Å²) >= 11 is 0. The highest BCUT2D eigenvalue weighted by molar-refractivity contribution is 6.17. The van der Waals surface area contributed by atoms with Gasteiger partial charge in [-0.1, -0.05) is 24.3 Å². The van der Waals surface area contributed by atoms with Gasteiger partial charge in [0.1, 0.15) is 5.76 Å². The van der Waals surface area contributed by atoms with Gasteiger partial charge in [-0.05, 0) is 31.9 Å². The molecule has 0 atom stereocenters. The lowest BCUT2D eigenvalue weighted by Crippen LogP contribution is -2.06.